The number of ether oxygens (including phenoxy) is 1. The number of carbonyl (C=O) groups excluding carboxylic acids is 1. The van der Waals surface area contributed by atoms with E-state index in [2.05, 4.69) is 12.0 Å². The maximum atomic E-state index is 11.7. The Bertz CT molecular complexity index is 379. The molecule has 0 saturated carbocycles. The number of aromatic nitrogens is 2. The molecule has 2 N–H and O–H groups in total. The van der Waals surface area contributed by atoms with Crippen LogP contribution in [0.25, 0.3) is 0 Å². The van der Waals surface area contributed by atoms with Crippen molar-refractivity contribution < 1.29 is 9.53 Å². The summed E-state index contributed by atoms with van der Waals surface area (Å²) in [5, 5.41) is 4.46. The van der Waals surface area contributed by atoms with E-state index in [1.165, 1.54) is 0 Å². The molecule has 0 aliphatic carbocycles. The van der Waals surface area contributed by atoms with Crippen LogP contribution in [0.15, 0.2) is 6.20 Å². The molecule has 96 valence electrons. The summed E-state index contributed by atoms with van der Waals surface area (Å²) in [6, 6.07) is 0. The van der Waals surface area contributed by atoms with Gasteiger partial charge < -0.3 is 10.5 Å². The standard InChI is InChI=1S/C11H19N3O2S/c1-4-16-11(15)9-6-13-14(3)10(9)7-17-8(2)5-12/h6,8H,4-5,7,12H2,1-3H3. The molecule has 0 radical (unpaired) electrons. The van der Waals surface area contributed by atoms with Gasteiger partial charge in [-0.1, -0.05) is 6.92 Å². The van der Waals surface area contributed by atoms with E-state index in [-0.39, 0.29) is 5.97 Å². The molecule has 17 heavy (non-hydrogen) atoms. The highest BCUT2D eigenvalue weighted by atomic mass is 32.2. The van der Waals surface area contributed by atoms with Gasteiger partial charge in [-0.05, 0) is 6.92 Å². The SMILES string of the molecule is CCOC(=O)c1cnn(C)c1CSC(C)CN. The molecule has 0 amide bonds. The van der Waals surface area contributed by atoms with Crippen LogP contribution in [0.1, 0.15) is 29.9 Å². The molecule has 6 heteroatoms. The first-order chi connectivity index (χ1) is 8.10. The molecule has 0 aliphatic heterocycles. The highest BCUT2D eigenvalue weighted by Crippen LogP contribution is 2.20. The lowest BCUT2D eigenvalue weighted by atomic mass is 10.3. The summed E-state index contributed by atoms with van der Waals surface area (Å²) in [5.74, 6) is 0.403. The average Bonchev–Trinajstić information content (AvgIpc) is 2.68. The van der Waals surface area contributed by atoms with Crippen LogP contribution < -0.4 is 5.73 Å². The van der Waals surface area contributed by atoms with Gasteiger partial charge in [-0.15, -0.1) is 0 Å². The minimum absolute atomic E-state index is 0.309. The molecule has 1 atom stereocenters. The summed E-state index contributed by atoms with van der Waals surface area (Å²) in [6.45, 7) is 4.85. The molecule has 1 aromatic heterocycles. The summed E-state index contributed by atoms with van der Waals surface area (Å²) < 4.78 is 6.70. The van der Waals surface area contributed by atoms with Gasteiger partial charge in [0.15, 0.2) is 0 Å². The molecule has 1 heterocycles. The van der Waals surface area contributed by atoms with Gasteiger partial charge in [0.2, 0.25) is 0 Å². The predicted molar refractivity (Wildman–Crippen MR) is 69.0 cm³/mol. The Kier molecular flexibility index (Phi) is 5.50. The Morgan fingerprint density at radius 2 is 2.41 bits per heavy atom. The van der Waals surface area contributed by atoms with Gasteiger partial charge in [0.1, 0.15) is 5.56 Å². The third-order valence-electron chi connectivity index (χ3n) is 2.39. The molecule has 0 spiro atoms. The van der Waals surface area contributed by atoms with E-state index in [1.807, 2.05) is 7.05 Å². The van der Waals surface area contributed by atoms with Crippen molar-refractivity contribution in [2.45, 2.75) is 24.9 Å². The number of rotatable bonds is 6. The number of aryl methyl sites for hydroxylation is 1. The molecule has 0 aliphatic rings. The van der Waals surface area contributed by atoms with Crippen molar-refractivity contribution in [2.75, 3.05) is 13.2 Å². The molecular formula is C11H19N3O2S. The topological polar surface area (TPSA) is 70.1 Å². The molecule has 0 saturated heterocycles. The van der Waals surface area contributed by atoms with Gasteiger partial charge in [0.05, 0.1) is 18.5 Å². The van der Waals surface area contributed by atoms with E-state index in [4.69, 9.17) is 10.5 Å². The Morgan fingerprint density at radius 3 is 3.00 bits per heavy atom. The summed E-state index contributed by atoms with van der Waals surface area (Å²) in [5.41, 5.74) is 6.99. The van der Waals surface area contributed by atoms with Crippen molar-refractivity contribution in [3.63, 3.8) is 0 Å². The third-order valence-corrected chi connectivity index (χ3v) is 3.60. The van der Waals surface area contributed by atoms with Crippen LogP contribution in [0.5, 0.6) is 0 Å². The lowest BCUT2D eigenvalue weighted by molar-refractivity contribution is 0.0525. The van der Waals surface area contributed by atoms with Gasteiger partial charge in [0, 0.05) is 24.6 Å². The van der Waals surface area contributed by atoms with Crippen LogP contribution in [0.3, 0.4) is 0 Å². The normalized spacial score (nSPS) is 12.5. The van der Waals surface area contributed by atoms with Crippen molar-refractivity contribution in [1.29, 1.82) is 0 Å². The van der Waals surface area contributed by atoms with E-state index in [9.17, 15) is 4.79 Å². The van der Waals surface area contributed by atoms with Crippen molar-refractivity contribution in [1.82, 2.24) is 9.78 Å². The van der Waals surface area contributed by atoms with E-state index in [0.29, 0.717) is 29.7 Å². The van der Waals surface area contributed by atoms with Crippen LogP contribution in [0, 0.1) is 0 Å². The first-order valence-electron chi connectivity index (χ1n) is 5.59. The number of esters is 1. The number of hydrogen-bond donors (Lipinski definition) is 1. The molecule has 1 aromatic rings. The number of nitrogens with two attached hydrogens (primary N) is 1. The zero-order valence-corrected chi connectivity index (χ0v) is 11.3. The lowest BCUT2D eigenvalue weighted by Crippen LogP contribution is -2.14. The average molecular weight is 257 g/mol. The van der Waals surface area contributed by atoms with Crippen LogP contribution in [0.4, 0.5) is 0 Å². The monoisotopic (exact) mass is 257 g/mol. The number of thioether (sulfide) groups is 1. The van der Waals surface area contributed by atoms with Crippen LogP contribution >= 0.6 is 11.8 Å². The molecule has 1 rings (SSSR count). The maximum Gasteiger partial charge on any atom is 0.341 e. The van der Waals surface area contributed by atoms with E-state index >= 15 is 0 Å². The quantitative estimate of drug-likeness (QED) is 0.775. The summed E-state index contributed by atoms with van der Waals surface area (Å²) in [4.78, 5) is 11.7. The Morgan fingerprint density at radius 1 is 1.71 bits per heavy atom. The van der Waals surface area contributed by atoms with Crippen molar-refractivity contribution >= 4 is 17.7 Å². The second kappa shape index (κ2) is 6.66. The largest absolute Gasteiger partial charge is 0.462 e. The van der Waals surface area contributed by atoms with Crippen LogP contribution in [0.2, 0.25) is 0 Å². The second-order valence-electron chi connectivity index (χ2n) is 3.71. The highest BCUT2D eigenvalue weighted by Gasteiger charge is 2.17. The zero-order chi connectivity index (χ0) is 12.8. The van der Waals surface area contributed by atoms with Crippen molar-refractivity contribution in [3.05, 3.63) is 17.5 Å². The fourth-order valence-corrected chi connectivity index (χ4v) is 2.22. The minimum Gasteiger partial charge on any atom is -0.462 e. The van der Waals surface area contributed by atoms with Crippen LogP contribution in [-0.4, -0.2) is 34.2 Å². The number of carbonyl (C=O) groups is 1. The van der Waals surface area contributed by atoms with E-state index in [0.717, 1.165) is 5.69 Å². The Labute approximate surface area is 106 Å². The van der Waals surface area contributed by atoms with Gasteiger partial charge >= 0.3 is 5.97 Å². The fraction of sp³-hybridized carbons (Fsp3) is 0.636. The first kappa shape index (κ1) is 14.1. The first-order valence-corrected chi connectivity index (χ1v) is 6.64. The Hall–Kier alpha value is -1.01. The summed E-state index contributed by atoms with van der Waals surface area (Å²) >= 11 is 1.70. The second-order valence-corrected chi connectivity index (χ2v) is 5.13. The fourth-order valence-electron chi connectivity index (χ4n) is 1.30. The molecular weight excluding hydrogens is 238 g/mol. The van der Waals surface area contributed by atoms with Gasteiger partial charge in [-0.2, -0.15) is 16.9 Å². The minimum atomic E-state index is -0.309. The predicted octanol–water partition coefficient (Wildman–Crippen LogP) is 1.18. The molecule has 0 bridgehead atoms. The molecule has 0 aromatic carbocycles. The molecule has 5 nitrogen and oxygen atoms in total. The van der Waals surface area contributed by atoms with E-state index in [1.54, 1.807) is 29.6 Å². The zero-order valence-electron chi connectivity index (χ0n) is 10.5. The lowest BCUT2D eigenvalue weighted by Gasteiger charge is -2.09. The van der Waals surface area contributed by atoms with Crippen LogP contribution in [-0.2, 0) is 17.5 Å². The maximum absolute atomic E-state index is 11.7. The number of nitrogens with zero attached hydrogens (tertiary/aromatic N) is 2. The van der Waals surface area contributed by atoms with Crippen molar-refractivity contribution in [3.8, 4) is 0 Å². The van der Waals surface area contributed by atoms with Crippen molar-refractivity contribution in [2.24, 2.45) is 12.8 Å². The molecule has 0 fully saturated rings. The van der Waals surface area contributed by atoms with Gasteiger partial charge in [-0.3, -0.25) is 4.68 Å². The van der Waals surface area contributed by atoms with Gasteiger partial charge in [-0.25, -0.2) is 4.79 Å². The summed E-state index contributed by atoms with van der Waals surface area (Å²) in [6.07, 6.45) is 1.56. The summed E-state index contributed by atoms with van der Waals surface area (Å²) in [7, 11) is 1.83. The third kappa shape index (κ3) is 3.74. The molecule has 1 unspecified atom stereocenters. The smallest absolute Gasteiger partial charge is 0.341 e. The van der Waals surface area contributed by atoms with E-state index < -0.39 is 0 Å². The number of hydrogen-bond acceptors (Lipinski definition) is 5. The van der Waals surface area contributed by atoms with Gasteiger partial charge in [0.25, 0.3) is 0 Å². The highest BCUT2D eigenvalue weighted by molar-refractivity contribution is 7.99. The Balaban J connectivity index is 2.76.